The van der Waals surface area contributed by atoms with Crippen LogP contribution in [-0.2, 0) is 0 Å². The topological polar surface area (TPSA) is 12.0 Å². The molecule has 0 spiro atoms. The zero-order valence-electron chi connectivity index (χ0n) is 12.5. The smallest absolute Gasteiger partial charge is 0.0212 e. The lowest BCUT2D eigenvalue weighted by atomic mass is 9.81. The van der Waals surface area contributed by atoms with Crippen LogP contribution in [-0.4, -0.2) is 23.6 Å². The molecule has 18 heavy (non-hydrogen) atoms. The monoisotopic (exact) mass is 269 g/mol. The van der Waals surface area contributed by atoms with E-state index in [4.69, 9.17) is 0 Å². The molecule has 2 heteroatoms. The van der Waals surface area contributed by atoms with Gasteiger partial charge in [-0.1, -0.05) is 39.5 Å². The van der Waals surface area contributed by atoms with Crippen LogP contribution in [0, 0.1) is 11.3 Å². The van der Waals surface area contributed by atoms with Crippen molar-refractivity contribution in [3.05, 3.63) is 0 Å². The molecule has 0 radical (unpaired) electrons. The highest BCUT2D eigenvalue weighted by Gasteiger charge is 2.34. The highest BCUT2D eigenvalue weighted by molar-refractivity contribution is 7.99. The summed E-state index contributed by atoms with van der Waals surface area (Å²) < 4.78 is 0. The number of thioether (sulfide) groups is 1. The third-order valence-corrected chi connectivity index (χ3v) is 6.25. The molecule has 0 bridgehead atoms. The SMILES string of the molecule is C[C@@H](NC1CSCCC1(C)C)C1CCCCCC1. The molecule has 1 aliphatic carbocycles. The van der Waals surface area contributed by atoms with E-state index < -0.39 is 0 Å². The number of nitrogens with one attached hydrogen (secondary N) is 1. The van der Waals surface area contributed by atoms with Crippen LogP contribution in [0.4, 0.5) is 0 Å². The second-order valence-corrected chi connectivity index (χ2v) is 8.22. The number of rotatable bonds is 3. The van der Waals surface area contributed by atoms with Crippen molar-refractivity contribution in [1.29, 1.82) is 0 Å². The molecule has 2 rings (SSSR count). The average Bonchev–Trinajstić information content (AvgIpc) is 2.60. The third-order valence-electron chi connectivity index (χ3n) is 5.19. The minimum atomic E-state index is 0.490. The molecule has 1 unspecified atom stereocenters. The van der Waals surface area contributed by atoms with E-state index in [-0.39, 0.29) is 0 Å². The van der Waals surface area contributed by atoms with Gasteiger partial charge in [-0.25, -0.2) is 0 Å². The summed E-state index contributed by atoms with van der Waals surface area (Å²) in [6.45, 7) is 7.33. The minimum absolute atomic E-state index is 0.490. The van der Waals surface area contributed by atoms with Gasteiger partial charge in [-0.15, -0.1) is 0 Å². The zero-order chi connectivity index (χ0) is 13.0. The summed E-state index contributed by atoms with van der Waals surface area (Å²) in [7, 11) is 0. The summed E-state index contributed by atoms with van der Waals surface area (Å²) in [5.41, 5.74) is 0.490. The zero-order valence-corrected chi connectivity index (χ0v) is 13.3. The fourth-order valence-electron chi connectivity index (χ4n) is 3.47. The van der Waals surface area contributed by atoms with Crippen molar-refractivity contribution in [2.45, 2.75) is 77.8 Å². The fourth-order valence-corrected chi connectivity index (χ4v) is 5.09. The Hall–Kier alpha value is 0.310. The molecule has 1 saturated heterocycles. The molecular formula is C16H31NS. The molecule has 0 amide bonds. The molecular weight excluding hydrogens is 238 g/mol. The maximum absolute atomic E-state index is 3.99. The van der Waals surface area contributed by atoms with Gasteiger partial charge in [-0.3, -0.25) is 0 Å². The van der Waals surface area contributed by atoms with E-state index in [0.29, 0.717) is 11.5 Å². The van der Waals surface area contributed by atoms with Crippen LogP contribution in [0.5, 0.6) is 0 Å². The van der Waals surface area contributed by atoms with Crippen molar-refractivity contribution in [2.24, 2.45) is 11.3 Å². The van der Waals surface area contributed by atoms with E-state index in [1.165, 1.54) is 56.5 Å². The Bertz CT molecular complexity index is 243. The van der Waals surface area contributed by atoms with E-state index in [1.54, 1.807) is 0 Å². The first kappa shape index (κ1) is 14.7. The van der Waals surface area contributed by atoms with Gasteiger partial charge in [-0.05, 0) is 43.3 Å². The molecule has 1 nitrogen and oxygen atoms in total. The highest BCUT2D eigenvalue weighted by Crippen LogP contribution is 2.35. The Morgan fingerprint density at radius 2 is 1.78 bits per heavy atom. The minimum Gasteiger partial charge on any atom is -0.310 e. The molecule has 106 valence electrons. The van der Waals surface area contributed by atoms with Crippen molar-refractivity contribution in [2.75, 3.05) is 11.5 Å². The third kappa shape index (κ3) is 3.90. The van der Waals surface area contributed by atoms with E-state index in [0.717, 1.165) is 12.0 Å². The van der Waals surface area contributed by atoms with Crippen molar-refractivity contribution < 1.29 is 0 Å². The van der Waals surface area contributed by atoms with Gasteiger partial charge >= 0.3 is 0 Å². The van der Waals surface area contributed by atoms with Gasteiger partial charge in [0.25, 0.3) is 0 Å². The molecule has 1 N–H and O–H groups in total. The summed E-state index contributed by atoms with van der Waals surface area (Å²) in [5, 5.41) is 3.99. The lowest BCUT2D eigenvalue weighted by molar-refractivity contribution is 0.204. The van der Waals surface area contributed by atoms with Crippen LogP contribution < -0.4 is 5.32 Å². The maximum Gasteiger partial charge on any atom is 0.0212 e. The van der Waals surface area contributed by atoms with Crippen molar-refractivity contribution in [1.82, 2.24) is 5.32 Å². The molecule has 1 saturated carbocycles. The summed E-state index contributed by atoms with van der Waals surface area (Å²) in [4.78, 5) is 0. The van der Waals surface area contributed by atoms with Gasteiger partial charge in [-0.2, -0.15) is 11.8 Å². The van der Waals surface area contributed by atoms with Crippen LogP contribution in [0.25, 0.3) is 0 Å². The van der Waals surface area contributed by atoms with E-state index in [2.05, 4.69) is 37.8 Å². The lowest BCUT2D eigenvalue weighted by Gasteiger charge is -2.41. The highest BCUT2D eigenvalue weighted by atomic mass is 32.2. The Balaban J connectivity index is 1.86. The summed E-state index contributed by atoms with van der Waals surface area (Å²) >= 11 is 2.14. The average molecular weight is 269 g/mol. The van der Waals surface area contributed by atoms with Crippen LogP contribution in [0.15, 0.2) is 0 Å². The Morgan fingerprint density at radius 1 is 1.11 bits per heavy atom. The first-order chi connectivity index (χ1) is 8.59. The molecule has 0 aromatic heterocycles. The normalized spacial score (nSPS) is 31.8. The molecule has 1 aliphatic heterocycles. The van der Waals surface area contributed by atoms with Gasteiger partial charge in [0, 0.05) is 17.8 Å². The molecule has 2 atom stereocenters. The predicted molar refractivity (Wildman–Crippen MR) is 83.3 cm³/mol. The molecule has 1 heterocycles. The van der Waals surface area contributed by atoms with Crippen LogP contribution in [0.1, 0.15) is 65.7 Å². The van der Waals surface area contributed by atoms with Gasteiger partial charge in [0.05, 0.1) is 0 Å². The maximum atomic E-state index is 3.99. The molecule has 2 aliphatic rings. The van der Waals surface area contributed by atoms with E-state index in [1.807, 2.05) is 0 Å². The van der Waals surface area contributed by atoms with Crippen LogP contribution in [0.3, 0.4) is 0 Å². The standard InChI is InChI=1S/C16H31NS/c1-13(14-8-6-4-5-7-9-14)17-15-12-18-11-10-16(15,2)3/h13-15,17H,4-12H2,1-3H3/t13-,15?/m1/s1. The summed E-state index contributed by atoms with van der Waals surface area (Å²) in [5.74, 6) is 3.59. The Kier molecular flexibility index (Phi) is 5.44. The van der Waals surface area contributed by atoms with E-state index >= 15 is 0 Å². The number of hydrogen-bond acceptors (Lipinski definition) is 2. The molecule has 0 aromatic rings. The van der Waals surface area contributed by atoms with Gasteiger partial charge < -0.3 is 5.32 Å². The van der Waals surface area contributed by atoms with Gasteiger partial charge in [0.15, 0.2) is 0 Å². The van der Waals surface area contributed by atoms with Gasteiger partial charge in [0.1, 0.15) is 0 Å². The van der Waals surface area contributed by atoms with Gasteiger partial charge in [0.2, 0.25) is 0 Å². The summed E-state index contributed by atoms with van der Waals surface area (Å²) in [6.07, 6.45) is 10.1. The molecule has 2 fully saturated rings. The first-order valence-corrected chi connectivity index (χ1v) is 9.09. The lowest BCUT2D eigenvalue weighted by Crippen LogP contribution is -2.51. The second kappa shape index (κ2) is 6.65. The Morgan fingerprint density at radius 3 is 2.39 bits per heavy atom. The van der Waals surface area contributed by atoms with E-state index in [9.17, 15) is 0 Å². The van der Waals surface area contributed by atoms with Crippen LogP contribution >= 0.6 is 11.8 Å². The second-order valence-electron chi connectivity index (χ2n) is 7.07. The predicted octanol–water partition coefficient (Wildman–Crippen LogP) is 4.47. The first-order valence-electron chi connectivity index (χ1n) is 7.93. The largest absolute Gasteiger partial charge is 0.310 e. The Labute approximate surface area is 118 Å². The van der Waals surface area contributed by atoms with Crippen LogP contribution in [0.2, 0.25) is 0 Å². The van der Waals surface area contributed by atoms with Crippen molar-refractivity contribution in [3.63, 3.8) is 0 Å². The fraction of sp³-hybridized carbons (Fsp3) is 1.00. The number of hydrogen-bond donors (Lipinski definition) is 1. The van der Waals surface area contributed by atoms with Crippen molar-refractivity contribution >= 4 is 11.8 Å². The quantitative estimate of drug-likeness (QED) is 0.759. The molecule has 0 aromatic carbocycles. The summed E-state index contributed by atoms with van der Waals surface area (Å²) in [6, 6.07) is 1.43. The van der Waals surface area contributed by atoms with Crippen molar-refractivity contribution in [3.8, 4) is 0 Å².